The molecule has 4 aromatic rings. The first-order valence-corrected chi connectivity index (χ1v) is 12.7. The quantitative estimate of drug-likeness (QED) is 0.376. The third kappa shape index (κ3) is 6.29. The molecule has 8 heteroatoms. The van der Waals surface area contributed by atoms with Crippen molar-refractivity contribution in [1.29, 1.82) is 0 Å². The Bertz CT molecular complexity index is 1220. The van der Waals surface area contributed by atoms with Crippen molar-refractivity contribution in [2.45, 2.75) is 11.7 Å². The van der Waals surface area contributed by atoms with Crippen LogP contribution in [0.5, 0.6) is 0 Å². The molecule has 35 heavy (non-hydrogen) atoms. The maximum Gasteiger partial charge on any atom is 0.234 e. The van der Waals surface area contributed by atoms with E-state index < -0.39 is 0 Å². The predicted molar refractivity (Wildman–Crippen MR) is 141 cm³/mol. The number of para-hydroxylation sites is 1. The topological polar surface area (TPSA) is 66.3 Å². The molecule has 2 heterocycles. The van der Waals surface area contributed by atoms with Crippen LogP contribution in [0.2, 0.25) is 0 Å². The summed E-state index contributed by atoms with van der Waals surface area (Å²) in [5, 5.41) is 7.97. The highest BCUT2D eigenvalue weighted by Gasteiger charge is 2.17. The molecule has 1 aromatic heterocycles. The second-order valence-electron chi connectivity index (χ2n) is 8.44. The molecule has 5 rings (SSSR count). The van der Waals surface area contributed by atoms with Crippen LogP contribution in [0, 0.1) is 0 Å². The van der Waals surface area contributed by atoms with Crippen LogP contribution in [0.4, 0.5) is 11.4 Å². The summed E-state index contributed by atoms with van der Waals surface area (Å²) < 4.78 is 1.71. The number of nitrogens with one attached hydrogen (secondary N) is 1. The van der Waals surface area contributed by atoms with Crippen LogP contribution in [-0.4, -0.2) is 57.5 Å². The highest BCUT2D eigenvalue weighted by atomic mass is 32.2. The molecule has 1 fully saturated rings. The summed E-state index contributed by atoms with van der Waals surface area (Å²) in [5.41, 5.74) is 4.28. The normalized spacial score (nSPS) is 14.1. The molecule has 7 nitrogen and oxygen atoms in total. The first kappa shape index (κ1) is 23.1. The Morgan fingerprint density at radius 3 is 2.23 bits per heavy atom. The van der Waals surface area contributed by atoms with Gasteiger partial charge in [-0.15, -0.1) is 5.10 Å². The Kier molecular flexibility index (Phi) is 7.41. The second-order valence-corrected chi connectivity index (χ2v) is 9.38. The van der Waals surface area contributed by atoms with E-state index in [-0.39, 0.29) is 11.7 Å². The van der Waals surface area contributed by atoms with Gasteiger partial charge in [0.05, 0.1) is 11.4 Å². The second kappa shape index (κ2) is 11.2. The maximum absolute atomic E-state index is 12.4. The van der Waals surface area contributed by atoms with Gasteiger partial charge in [0.1, 0.15) is 6.33 Å². The number of anilines is 2. The monoisotopic (exact) mass is 484 g/mol. The average molecular weight is 485 g/mol. The summed E-state index contributed by atoms with van der Waals surface area (Å²) >= 11 is 1.32. The Labute approximate surface area is 209 Å². The van der Waals surface area contributed by atoms with Gasteiger partial charge in [-0.2, -0.15) is 0 Å². The third-order valence-corrected chi connectivity index (χ3v) is 6.81. The SMILES string of the molecule is O=C(CSc1ncn(-c2ccccc2)n1)Nc1ccc(N2CCN(Cc3ccccc3)CC2)cc1. The highest BCUT2D eigenvalue weighted by Crippen LogP contribution is 2.21. The highest BCUT2D eigenvalue weighted by molar-refractivity contribution is 7.99. The van der Waals surface area contributed by atoms with Gasteiger partial charge in [0.25, 0.3) is 0 Å². The van der Waals surface area contributed by atoms with Crippen molar-refractivity contribution in [2.24, 2.45) is 0 Å². The van der Waals surface area contributed by atoms with Gasteiger partial charge in [-0.05, 0) is 42.0 Å². The van der Waals surface area contributed by atoms with E-state index in [0.29, 0.717) is 5.16 Å². The van der Waals surface area contributed by atoms with Crippen molar-refractivity contribution < 1.29 is 4.79 Å². The number of hydrogen-bond donors (Lipinski definition) is 1. The van der Waals surface area contributed by atoms with E-state index >= 15 is 0 Å². The molecule has 0 bridgehead atoms. The fourth-order valence-electron chi connectivity index (χ4n) is 4.11. The molecule has 0 atom stereocenters. The molecule has 0 unspecified atom stereocenters. The summed E-state index contributed by atoms with van der Waals surface area (Å²) in [4.78, 5) is 21.6. The first-order chi connectivity index (χ1) is 17.2. The molecule has 1 saturated heterocycles. The van der Waals surface area contributed by atoms with Crippen molar-refractivity contribution in [2.75, 3.05) is 42.1 Å². The number of rotatable bonds is 8. The van der Waals surface area contributed by atoms with Gasteiger partial charge >= 0.3 is 0 Å². The molecule has 3 aromatic carbocycles. The van der Waals surface area contributed by atoms with Gasteiger partial charge in [-0.1, -0.05) is 60.3 Å². The molecular weight excluding hydrogens is 456 g/mol. The number of benzene rings is 3. The number of thioether (sulfide) groups is 1. The third-order valence-electron chi connectivity index (χ3n) is 5.96. The summed E-state index contributed by atoms with van der Waals surface area (Å²) in [6.45, 7) is 5.08. The van der Waals surface area contributed by atoms with E-state index in [1.165, 1.54) is 23.0 Å². The number of amides is 1. The van der Waals surface area contributed by atoms with Crippen LogP contribution in [0.3, 0.4) is 0 Å². The van der Waals surface area contributed by atoms with Gasteiger partial charge < -0.3 is 10.2 Å². The fourth-order valence-corrected chi connectivity index (χ4v) is 4.71. The van der Waals surface area contributed by atoms with Crippen molar-refractivity contribution in [3.05, 3.63) is 96.8 Å². The first-order valence-electron chi connectivity index (χ1n) is 11.7. The molecule has 1 aliphatic heterocycles. The van der Waals surface area contributed by atoms with Crippen LogP contribution in [-0.2, 0) is 11.3 Å². The Hall–Kier alpha value is -3.62. The molecule has 1 aliphatic rings. The van der Waals surface area contributed by atoms with E-state index in [1.807, 2.05) is 42.5 Å². The minimum atomic E-state index is -0.0756. The molecule has 0 aliphatic carbocycles. The number of carbonyl (C=O) groups excluding carboxylic acids is 1. The summed E-state index contributed by atoms with van der Waals surface area (Å²) in [7, 11) is 0. The van der Waals surface area contributed by atoms with E-state index in [1.54, 1.807) is 11.0 Å². The van der Waals surface area contributed by atoms with Gasteiger partial charge in [0.15, 0.2) is 0 Å². The van der Waals surface area contributed by atoms with Crippen LogP contribution in [0.25, 0.3) is 5.69 Å². The van der Waals surface area contributed by atoms with Crippen molar-refractivity contribution in [1.82, 2.24) is 19.7 Å². The average Bonchev–Trinajstić information content (AvgIpc) is 3.39. The molecule has 0 spiro atoms. The molecule has 1 amide bonds. The van der Waals surface area contributed by atoms with Crippen LogP contribution in [0.1, 0.15) is 5.56 Å². The lowest BCUT2D eigenvalue weighted by Gasteiger charge is -2.36. The van der Waals surface area contributed by atoms with E-state index in [9.17, 15) is 4.79 Å². The van der Waals surface area contributed by atoms with Crippen LogP contribution in [0.15, 0.2) is 96.4 Å². The number of nitrogens with zero attached hydrogens (tertiary/aromatic N) is 5. The lowest BCUT2D eigenvalue weighted by Crippen LogP contribution is -2.45. The molecule has 0 saturated carbocycles. The van der Waals surface area contributed by atoms with Gasteiger partial charge in [0, 0.05) is 44.1 Å². The predicted octanol–water partition coefficient (Wildman–Crippen LogP) is 4.32. The van der Waals surface area contributed by atoms with Gasteiger partial charge in [0.2, 0.25) is 11.1 Å². The van der Waals surface area contributed by atoms with Crippen molar-refractivity contribution in [3.8, 4) is 5.69 Å². The lowest BCUT2D eigenvalue weighted by atomic mass is 10.2. The number of carbonyl (C=O) groups is 1. The number of hydrogen-bond acceptors (Lipinski definition) is 6. The van der Waals surface area contributed by atoms with Crippen LogP contribution >= 0.6 is 11.8 Å². The lowest BCUT2D eigenvalue weighted by molar-refractivity contribution is -0.113. The fraction of sp³-hybridized carbons (Fsp3) is 0.222. The molecule has 0 radical (unpaired) electrons. The van der Waals surface area contributed by atoms with E-state index in [4.69, 9.17) is 0 Å². The Morgan fingerprint density at radius 1 is 0.829 bits per heavy atom. The molecule has 1 N–H and O–H groups in total. The van der Waals surface area contributed by atoms with E-state index in [0.717, 1.165) is 44.1 Å². The Balaban J connectivity index is 1.07. The summed E-state index contributed by atoms with van der Waals surface area (Å²) in [6, 6.07) is 28.5. The maximum atomic E-state index is 12.4. The van der Waals surface area contributed by atoms with Crippen molar-refractivity contribution >= 4 is 29.0 Å². The summed E-state index contributed by atoms with van der Waals surface area (Å²) in [5.74, 6) is 0.178. The van der Waals surface area contributed by atoms with Gasteiger partial charge in [-0.25, -0.2) is 9.67 Å². The van der Waals surface area contributed by atoms with Gasteiger partial charge in [-0.3, -0.25) is 9.69 Å². The minimum absolute atomic E-state index is 0.0756. The Morgan fingerprint density at radius 2 is 1.51 bits per heavy atom. The largest absolute Gasteiger partial charge is 0.369 e. The molecular formula is C27H28N6OS. The summed E-state index contributed by atoms with van der Waals surface area (Å²) in [6.07, 6.45) is 1.66. The standard InChI is InChI=1S/C27H28N6OS/c34-26(20-35-27-28-21-33(30-27)25-9-5-2-6-10-25)29-23-11-13-24(14-12-23)32-17-15-31(16-18-32)19-22-7-3-1-4-8-22/h1-14,21H,15-20H2,(H,29,34). The molecule has 178 valence electrons. The van der Waals surface area contributed by atoms with Crippen LogP contribution < -0.4 is 10.2 Å². The zero-order chi connectivity index (χ0) is 23.9. The van der Waals surface area contributed by atoms with Crippen molar-refractivity contribution in [3.63, 3.8) is 0 Å². The zero-order valence-electron chi connectivity index (χ0n) is 19.5. The minimum Gasteiger partial charge on any atom is -0.369 e. The number of piperazine rings is 1. The van der Waals surface area contributed by atoms with E-state index in [2.05, 4.69) is 67.7 Å². The zero-order valence-corrected chi connectivity index (χ0v) is 20.3. The number of aromatic nitrogens is 3. The smallest absolute Gasteiger partial charge is 0.234 e.